The van der Waals surface area contributed by atoms with Gasteiger partial charge in [0.25, 0.3) is 11.5 Å². The first-order chi connectivity index (χ1) is 17.0. The van der Waals surface area contributed by atoms with Crippen molar-refractivity contribution in [3.05, 3.63) is 80.6 Å². The van der Waals surface area contributed by atoms with Gasteiger partial charge in [-0.3, -0.25) is 18.9 Å². The third-order valence-electron chi connectivity index (χ3n) is 5.47. The van der Waals surface area contributed by atoms with Gasteiger partial charge in [0.2, 0.25) is 0 Å². The van der Waals surface area contributed by atoms with E-state index in [4.69, 9.17) is 22.1 Å². The molecular weight excluding hydrogens is 484 g/mol. The number of thiocarbonyl (C=S) groups is 1. The van der Waals surface area contributed by atoms with Crippen molar-refractivity contribution in [2.24, 2.45) is 0 Å². The molecule has 1 saturated heterocycles. The predicted molar refractivity (Wildman–Crippen MR) is 143 cm³/mol. The van der Waals surface area contributed by atoms with Crippen molar-refractivity contribution < 1.29 is 14.6 Å². The summed E-state index contributed by atoms with van der Waals surface area (Å²) in [6, 6.07) is 13.6. The smallest absolute Gasteiger partial charge is 0.267 e. The third kappa shape index (κ3) is 5.79. The van der Waals surface area contributed by atoms with Crippen molar-refractivity contribution in [2.75, 3.05) is 38.2 Å². The zero-order chi connectivity index (χ0) is 24.8. The number of rotatable bonds is 10. The number of anilines is 1. The van der Waals surface area contributed by atoms with E-state index < -0.39 is 0 Å². The van der Waals surface area contributed by atoms with Crippen LogP contribution in [0.4, 0.5) is 5.82 Å². The Morgan fingerprint density at radius 2 is 1.97 bits per heavy atom. The molecule has 0 atom stereocenters. The lowest BCUT2D eigenvalue weighted by Crippen LogP contribution is -2.30. The lowest BCUT2D eigenvalue weighted by molar-refractivity contribution is -0.122. The van der Waals surface area contributed by atoms with Crippen molar-refractivity contribution in [1.29, 1.82) is 0 Å². The maximum atomic E-state index is 13.4. The Hall–Kier alpha value is -3.05. The lowest BCUT2D eigenvalue weighted by atomic mass is 10.1. The van der Waals surface area contributed by atoms with Crippen LogP contribution in [0.25, 0.3) is 11.7 Å². The summed E-state index contributed by atoms with van der Waals surface area (Å²) >= 11 is 6.66. The molecule has 35 heavy (non-hydrogen) atoms. The van der Waals surface area contributed by atoms with Gasteiger partial charge in [0.1, 0.15) is 15.8 Å². The van der Waals surface area contributed by atoms with Crippen LogP contribution >= 0.6 is 24.0 Å². The largest absolute Gasteiger partial charge is 0.394 e. The number of nitrogens with one attached hydrogen (secondary N) is 1. The Bertz CT molecular complexity index is 1320. The zero-order valence-corrected chi connectivity index (χ0v) is 20.9. The number of aromatic nitrogens is 2. The Morgan fingerprint density at radius 1 is 1.17 bits per heavy atom. The number of carbonyl (C=O) groups excluding carboxylic acids is 1. The Morgan fingerprint density at radius 3 is 2.74 bits per heavy atom. The highest BCUT2D eigenvalue weighted by Crippen LogP contribution is 2.33. The maximum absolute atomic E-state index is 13.4. The molecule has 1 fully saturated rings. The topological polar surface area (TPSA) is 96.2 Å². The molecule has 10 heteroatoms. The number of carbonyl (C=O) groups is 1. The fourth-order valence-corrected chi connectivity index (χ4v) is 4.98. The van der Waals surface area contributed by atoms with Crippen LogP contribution in [0, 0.1) is 6.92 Å². The van der Waals surface area contributed by atoms with Gasteiger partial charge < -0.3 is 15.2 Å². The number of hydrogen-bond donors (Lipinski definition) is 2. The second kappa shape index (κ2) is 11.6. The standard InChI is InChI=1S/C25H26N4O4S2/c1-17-6-5-11-28-22(17)27-21(26-10-14-33-15-13-30)19(23(28)31)16-20-24(32)29(25(34)35-20)12-9-18-7-3-2-4-8-18/h2-8,11,16,26,30H,9-10,12-15H2,1H3/b20-16+. The molecule has 0 saturated carbocycles. The van der Waals surface area contributed by atoms with Gasteiger partial charge in [-0.05, 0) is 36.6 Å². The number of hydrogen-bond acceptors (Lipinski definition) is 8. The van der Waals surface area contributed by atoms with E-state index in [2.05, 4.69) is 10.3 Å². The zero-order valence-electron chi connectivity index (χ0n) is 19.3. The Balaban J connectivity index is 1.63. The molecule has 1 amide bonds. The number of ether oxygens (including phenoxy) is 1. The van der Waals surface area contributed by atoms with Crippen molar-refractivity contribution in [1.82, 2.24) is 14.3 Å². The van der Waals surface area contributed by atoms with Gasteiger partial charge in [0, 0.05) is 19.3 Å². The lowest BCUT2D eigenvalue weighted by Gasteiger charge is -2.14. The number of amides is 1. The van der Waals surface area contributed by atoms with E-state index in [0.717, 1.165) is 11.1 Å². The predicted octanol–water partition coefficient (Wildman–Crippen LogP) is 2.87. The number of nitrogens with zero attached hydrogens (tertiary/aromatic N) is 3. The van der Waals surface area contributed by atoms with Crippen molar-refractivity contribution in [3.8, 4) is 0 Å². The average Bonchev–Trinajstić information content (AvgIpc) is 3.13. The van der Waals surface area contributed by atoms with E-state index in [1.54, 1.807) is 23.2 Å². The molecule has 1 aliphatic rings. The molecular formula is C25H26N4O4S2. The van der Waals surface area contributed by atoms with Crippen molar-refractivity contribution in [3.63, 3.8) is 0 Å². The summed E-state index contributed by atoms with van der Waals surface area (Å²) in [5.74, 6) is 0.147. The van der Waals surface area contributed by atoms with Gasteiger partial charge in [-0.1, -0.05) is 60.4 Å². The summed E-state index contributed by atoms with van der Waals surface area (Å²) in [5.41, 5.74) is 2.49. The van der Waals surface area contributed by atoms with Gasteiger partial charge in [-0.2, -0.15) is 0 Å². The van der Waals surface area contributed by atoms with E-state index >= 15 is 0 Å². The van der Waals surface area contributed by atoms with Gasteiger partial charge >= 0.3 is 0 Å². The van der Waals surface area contributed by atoms with Gasteiger partial charge in [0.15, 0.2) is 0 Å². The minimum atomic E-state index is -0.285. The van der Waals surface area contributed by atoms with Crippen LogP contribution in [-0.2, 0) is 16.0 Å². The molecule has 4 rings (SSSR count). The normalized spacial score (nSPS) is 14.9. The highest BCUT2D eigenvalue weighted by Gasteiger charge is 2.32. The minimum Gasteiger partial charge on any atom is -0.394 e. The molecule has 182 valence electrons. The molecule has 2 N–H and O–H groups in total. The molecule has 8 nitrogen and oxygen atoms in total. The summed E-state index contributed by atoms with van der Waals surface area (Å²) in [4.78, 5) is 33.2. The molecule has 0 radical (unpaired) electrons. The first-order valence-electron chi connectivity index (χ1n) is 11.2. The summed E-state index contributed by atoms with van der Waals surface area (Å²) in [6.07, 6.45) is 3.91. The van der Waals surface area contributed by atoms with E-state index in [9.17, 15) is 9.59 Å². The third-order valence-corrected chi connectivity index (χ3v) is 6.85. The molecule has 3 heterocycles. The van der Waals surface area contributed by atoms with Gasteiger partial charge in [0.05, 0.1) is 30.3 Å². The molecule has 0 bridgehead atoms. The molecule has 0 aliphatic carbocycles. The van der Waals surface area contributed by atoms with E-state index in [1.807, 2.05) is 43.3 Å². The second-order valence-electron chi connectivity index (χ2n) is 7.90. The molecule has 3 aromatic rings. The number of thioether (sulfide) groups is 1. The number of fused-ring (bicyclic) bond motifs is 1. The second-order valence-corrected chi connectivity index (χ2v) is 9.57. The van der Waals surface area contributed by atoms with Crippen LogP contribution in [0.1, 0.15) is 16.7 Å². The summed E-state index contributed by atoms with van der Waals surface area (Å²) in [6.45, 7) is 3.23. The summed E-state index contributed by atoms with van der Waals surface area (Å²) in [5, 5.41) is 12.0. The van der Waals surface area contributed by atoms with E-state index in [-0.39, 0.29) is 30.2 Å². The average molecular weight is 511 g/mol. The van der Waals surface area contributed by atoms with Crippen molar-refractivity contribution in [2.45, 2.75) is 13.3 Å². The number of aliphatic hydroxyl groups excluding tert-OH is 1. The monoisotopic (exact) mass is 510 g/mol. The fourth-order valence-electron chi connectivity index (χ4n) is 3.69. The Labute approximate surface area is 212 Å². The van der Waals surface area contributed by atoms with Crippen LogP contribution in [0.3, 0.4) is 0 Å². The van der Waals surface area contributed by atoms with Crippen molar-refractivity contribution >= 4 is 51.7 Å². The highest BCUT2D eigenvalue weighted by atomic mass is 32.2. The SMILES string of the molecule is Cc1cccn2c(=O)c(/C=C3/SC(=S)N(CCc4ccccc4)C3=O)c(NCCOCCO)nc12. The van der Waals surface area contributed by atoms with E-state index in [0.29, 0.717) is 46.8 Å². The van der Waals surface area contributed by atoms with Crippen LogP contribution in [-0.4, -0.2) is 62.5 Å². The summed E-state index contributed by atoms with van der Waals surface area (Å²) < 4.78 is 7.25. The first-order valence-corrected chi connectivity index (χ1v) is 12.5. The van der Waals surface area contributed by atoms with Crippen LogP contribution in [0.5, 0.6) is 0 Å². The number of aliphatic hydroxyl groups is 1. The maximum Gasteiger partial charge on any atom is 0.267 e. The van der Waals surface area contributed by atoms with Crippen LogP contribution in [0.2, 0.25) is 0 Å². The van der Waals surface area contributed by atoms with Crippen LogP contribution in [0.15, 0.2) is 58.4 Å². The molecule has 2 aromatic heterocycles. The van der Waals surface area contributed by atoms with Gasteiger partial charge in [-0.25, -0.2) is 4.98 Å². The van der Waals surface area contributed by atoms with E-state index in [1.165, 1.54) is 16.2 Å². The first kappa shape index (κ1) is 25.1. The molecule has 1 aliphatic heterocycles. The molecule has 1 aromatic carbocycles. The Kier molecular flexibility index (Phi) is 8.29. The summed E-state index contributed by atoms with van der Waals surface area (Å²) in [7, 11) is 0. The number of pyridine rings is 1. The van der Waals surface area contributed by atoms with Gasteiger partial charge in [-0.15, -0.1) is 0 Å². The van der Waals surface area contributed by atoms with Crippen LogP contribution < -0.4 is 10.9 Å². The highest BCUT2D eigenvalue weighted by molar-refractivity contribution is 8.26. The molecule has 0 spiro atoms. The molecule has 0 unspecified atom stereocenters. The number of benzene rings is 1. The fraction of sp³-hybridized carbons (Fsp3) is 0.280. The minimum absolute atomic E-state index is 0.0634. The number of aryl methyl sites for hydroxylation is 1. The quantitative estimate of drug-likeness (QED) is 0.244.